The Kier molecular flexibility index (Phi) is 3.07. The van der Waals surface area contributed by atoms with E-state index in [1.165, 1.54) is 11.3 Å². The number of aliphatic hydroxyl groups excluding tert-OH is 1. The number of rotatable bonds is 3. The van der Waals surface area contributed by atoms with E-state index in [1.807, 2.05) is 0 Å². The van der Waals surface area contributed by atoms with E-state index < -0.39 is 0 Å². The average molecular weight is 209 g/mol. The van der Waals surface area contributed by atoms with Crippen molar-refractivity contribution >= 4 is 0 Å². The molecule has 4 heteroatoms. The number of aliphatic hydroxyl groups is 1. The van der Waals surface area contributed by atoms with E-state index in [1.54, 1.807) is 0 Å². The summed E-state index contributed by atoms with van der Waals surface area (Å²) in [4.78, 5) is 2.28. The molecule has 0 unspecified atom stereocenters. The van der Waals surface area contributed by atoms with Crippen molar-refractivity contribution in [1.82, 2.24) is 14.7 Å². The molecule has 2 heterocycles. The van der Waals surface area contributed by atoms with E-state index in [-0.39, 0.29) is 6.61 Å². The highest BCUT2D eigenvalue weighted by atomic mass is 16.3. The first-order valence-electron chi connectivity index (χ1n) is 5.63. The lowest BCUT2D eigenvalue weighted by molar-refractivity contribution is 0.268. The molecule has 0 radical (unpaired) electrons. The summed E-state index contributed by atoms with van der Waals surface area (Å²) >= 11 is 0. The molecule has 15 heavy (non-hydrogen) atoms. The van der Waals surface area contributed by atoms with Crippen LogP contribution in [0, 0.1) is 0 Å². The third-order valence-corrected chi connectivity index (χ3v) is 2.99. The van der Waals surface area contributed by atoms with Gasteiger partial charge in [-0.05, 0) is 13.5 Å². The number of fused-ring (bicyclic) bond motifs is 1. The Balaban J connectivity index is 2.35. The highest BCUT2D eigenvalue weighted by Gasteiger charge is 2.22. The topological polar surface area (TPSA) is 41.3 Å². The van der Waals surface area contributed by atoms with Crippen LogP contribution in [-0.4, -0.2) is 33.4 Å². The summed E-state index contributed by atoms with van der Waals surface area (Å²) in [5, 5.41) is 13.7. The fraction of sp³-hybridized carbons (Fsp3) is 0.727. The molecule has 0 bridgehead atoms. The van der Waals surface area contributed by atoms with Crippen molar-refractivity contribution in [2.75, 3.05) is 13.6 Å². The minimum Gasteiger partial charge on any atom is -0.390 e. The predicted molar refractivity (Wildman–Crippen MR) is 58.5 cm³/mol. The fourth-order valence-electron chi connectivity index (χ4n) is 2.22. The number of likely N-dealkylation sites (N-methyl/N-ethyl adjacent to an activating group) is 1. The highest BCUT2D eigenvalue weighted by molar-refractivity contribution is 5.28. The first-order chi connectivity index (χ1) is 7.26. The molecule has 0 aliphatic carbocycles. The maximum atomic E-state index is 9.27. The third kappa shape index (κ3) is 1.92. The van der Waals surface area contributed by atoms with Crippen molar-refractivity contribution in [2.45, 2.75) is 39.5 Å². The Bertz CT molecular complexity index is 346. The zero-order valence-electron chi connectivity index (χ0n) is 9.53. The van der Waals surface area contributed by atoms with E-state index in [4.69, 9.17) is 0 Å². The van der Waals surface area contributed by atoms with Crippen LogP contribution in [0.5, 0.6) is 0 Å². The molecule has 1 aromatic rings. The van der Waals surface area contributed by atoms with E-state index >= 15 is 0 Å². The standard InChI is InChI=1S/C11H19N3O/c1-3-5-14-11-4-6-13(2)7-9(11)10(8-15)12-14/h15H,3-8H2,1-2H3. The maximum absolute atomic E-state index is 9.27. The summed E-state index contributed by atoms with van der Waals surface area (Å²) in [6, 6.07) is 0. The summed E-state index contributed by atoms with van der Waals surface area (Å²) < 4.78 is 2.08. The first kappa shape index (κ1) is 10.6. The number of hydrogen-bond acceptors (Lipinski definition) is 3. The Labute approximate surface area is 90.5 Å². The lowest BCUT2D eigenvalue weighted by Crippen LogP contribution is -2.27. The molecule has 1 aromatic heterocycles. The first-order valence-corrected chi connectivity index (χ1v) is 5.63. The quantitative estimate of drug-likeness (QED) is 0.799. The molecule has 1 aliphatic heterocycles. The fourth-order valence-corrected chi connectivity index (χ4v) is 2.22. The number of hydrogen-bond donors (Lipinski definition) is 1. The Morgan fingerprint density at radius 2 is 2.27 bits per heavy atom. The molecule has 84 valence electrons. The summed E-state index contributed by atoms with van der Waals surface area (Å²) in [5.74, 6) is 0. The number of aryl methyl sites for hydroxylation is 1. The van der Waals surface area contributed by atoms with Gasteiger partial charge in [-0.1, -0.05) is 6.92 Å². The van der Waals surface area contributed by atoms with E-state index in [9.17, 15) is 5.11 Å². The highest BCUT2D eigenvalue weighted by Crippen LogP contribution is 2.22. The van der Waals surface area contributed by atoms with Crippen LogP contribution in [0.2, 0.25) is 0 Å². The van der Waals surface area contributed by atoms with Crippen LogP contribution >= 0.6 is 0 Å². The van der Waals surface area contributed by atoms with Crippen molar-refractivity contribution in [1.29, 1.82) is 0 Å². The van der Waals surface area contributed by atoms with Crippen LogP contribution in [0.1, 0.15) is 30.3 Å². The van der Waals surface area contributed by atoms with Crippen molar-refractivity contribution in [3.63, 3.8) is 0 Å². The average Bonchev–Trinajstić information content (AvgIpc) is 2.56. The van der Waals surface area contributed by atoms with Crippen molar-refractivity contribution in [3.05, 3.63) is 17.0 Å². The van der Waals surface area contributed by atoms with Crippen LogP contribution in [0.4, 0.5) is 0 Å². The molecular weight excluding hydrogens is 190 g/mol. The van der Waals surface area contributed by atoms with Gasteiger partial charge in [-0.2, -0.15) is 5.10 Å². The Hall–Kier alpha value is -0.870. The van der Waals surface area contributed by atoms with Crippen molar-refractivity contribution in [2.24, 2.45) is 0 Å². The lowest BCUT2D eigenvalue weighted by atomic mass is 10.1. The van der Waals surface area contributed by atoms with E-state index in [2.05, 4.69) is 28.7 Å². The van der Waals surface area contributed by atoms with Gasteiger partial charge in [-0.3, -0.25) is 4.68 Å². The largest absolute Gasteiger partial charge is 0.390 e. The van der Waals surface area contributed by atoms with Crippen LogP contribution < -0.4 is 0 Å². The zero-order chi connectivity index (χ0) is 10.8. The van der Waals surface area contributed by atoms with Crippen LogP contribution in [0.15, 0.2) is 0 Å². The second-order valence-electron chi connectivity index (χ2n) is 4.24. The molecule has 1 aliphatic rings. The SMILES string of the molecule is CCCn1nc(CO)c2c1CCN(C)C2. The van der Waals surface area contributed by atoms with Crippen LogP contribution in [0.3, 0.4) is 0 Å². The van der Waals surface area contributed by atoms with Gasteiger partial charge in [0.1, 0.15) is 0 Å². The van der Waals surface area contributed by atoms with Gasteiger partial charge in [0.15, 0.2) is 0 Å². The van der Waals surface area contributed by atoms with Gasteiger partial charge in [0.2, 0.25) is 0 Å². The second kappa shape index (κ2) is 4.33. The Morgan fingerprint density at radius 1 is 1.47 bits per heavy atom. The summed E-state index contributed by atoms with van der Waals surface area (Å²) in [5.41, 5.74) is 3.45. The number of nitrogens with zero attached hydrogens (tertiary/aromatic N) is 3. The molecular formula is C11H19N3O. The molecule has 0 spiro atoms. The maximum Gasteiger partial charge on any atom is 0.0926 e. The van der Waals surface area contributed by atoms with Crippen LogP contribution in [-0.2, 0) is 26.1 Å². The minimum atomic E-state index is 0.0624. The molecule has 0 saturated carbocycles. The molecule has 0 atom stereocenters. The molecule has 0 amide bonds. The molecule has 0 aromatic carbocycles. The van der Waals surface area contributed by atoms with Gasteiger partial charge in [0.05, 0.1) is 12.3 Å². The predicted octanol–water partition coefficient (Wildman–Crippen LogP) is 0.773. The molecule has 2 rings (SSSR count). The van der Waals surface area contributed by atoms with Gasteiger partial charge in [0, 0.05) is 37.3 Å². The van der Waals surface area contributed by atoms with Crippen LogP contribution in [0.25, 0.3) is 0 Å². The van der Waals surface area contributed by atoms with Gasteiger partial charge in [-0.15, -0.1) is 0 Å². The van der Waals surface area contributed by atoms with Gasteiger partial charge in [-0.25, -0.2) is 0 Å². The second-order valence-corrected chi connectivity index (χ2v) is 4.24. The Morgan fingerprint density at radius 3 is 2.93 bits per heavy atom. The smallest absolute Gasteiger partial charge is 0.0926 e. The molecule has 1 N–H and O–H groups in total. The third-order valence-electron chi connectivity index (χ3n) is 2.99. The van der Waals surface area contributed by atoms with Crippen molar-refractivity contribution < 1.29 is 5.11 Å². The van der Waals surface area contributed by atoms with Crippen molar-refractivity contribution in [3.8, 4) is 0 Å². The zero-order valence-corrected chi connectivity index (χ0v) is 9.53. The van der Waals surface area contributed by atoms with E-state index in [0.717, 1.165) is 38.2 Å². The molecule has 0 saturated heterocycles. The lowest BCUT2D eigenvalue weighted by Gasteiger charge is -2.23. The van der Waals surface area contributed by atoms with Gasteiger partial charge in [0.25, 0.3) is 0 Å². The van der Waals surface area contributed by atoms with Gasteiger partial charge >= 0.3 is 0 Å². The molecule has 0 fully saturated rings. The summed E-state index contributed by atoms with van der Waals surface area (Å²) in [6.07, 6.45) is 2.15. The number of aromatic nitrogens is 2. The monoisotopic (exact) mass is 209 g/mol. The summed E-state index contributed by atoms with van der Waals surface area (Å²) in [6.45, 7) is 5.20. The normalized spacial score (nSPS) is 16.7. The van der Waals surface area contributed by atoms with Gasteiger partial charge < -0.3 is 10.0 Å². The minimum absolute atomic E-state index is 0.0624. The molecule has 4 nitrogen and oxygen atoms in total. The van der Waals surface area contributed by atoms with E-state index in [0.29, 0.717) is 0 Å². The summed E-state index contributed by atoms with van der Waals surface area (Å²) in [7, 11) is 2.11.